The molecule has 26 heavy (non-hydrogen) atoms. The van der Waals surface area contributed by atoms with Gasteiger partial charge >= 0.3 is 0 Å². The van der Waals surface area contributed by atoms with Gasteiger partial charge in [0, 0.05) is 18.6 Å². The lowest BCUT2D eigenvalue weighted by Crippen LogP contribution is -2.39. The Morgan fingerprint density at radius 3 is 2.35 bits per heavy atom. The maximum absolute atomic E-state index is 13.0. The zero-order chi connectivity index (χ0) is 19.1. The lowest BCUT2D eigenvalue weighted by molar-refractivity contribution is -0.132. The molecule has 1 atom stereocenters. The monoisotopic (exact) mass is 378 g/mol. The highest BCUT2D eigenvalue weighted by atomic mass is 35.5. The van der Waals surface area contributed by atoms with Gasteiger partial charge in [0.2, 0.25) is 5.91 Å². The summed E-state index contributed by atoms with van der Waals surface area (Å²) in [7, 11) is 3.63. The standard InChI is InChI=1S/C20H24ClFN2O2/c1-15(16-4-8-18(22)9-5-16)24(3)20(25)14-23(2)12-13-26-19-10-6-17(21)7-11-19/h4-11,15H,12-14H2,1-3H3. The molecule has 0 saturated heterocycles. The lowest BCUT2D eigenvalue weighted by Gasteiger charge is -2.27. The van der Waals surface area contributed by atoms with E-state index in [1.54, 1.807) is 36.2 Å². The molecule has 0 aliphatic carbocycles. The number of likely N-dealkylation sites (N-methyl/N-ethyl adjacent to an activating group) is 2. The average molecular weight is 379 g/mol. The van der Waals surface area contributed by atoms with Crippen molar-refractivity contribution in [1.82, 2.24) is 9.80 Å². The molecule has 0 fully saturated rings. The van der Waals surface area contributed by atoms with Crippen LogP contribution in [0, 0.1) is 5.82 Å². The third-order valence-corrected chi connectivity index (χ3v) is 4.54. The molecule has 0 aliphatic rings. The van der Waals surface area contributed by atoms with Crippen molar-refractivity contribution in [2.45, 2.75) is 13.0 Å². The van der Waals surface area contributed by atoms with E-state index in [0.29, 0.717) is 18.2 Å². The van der Waals surface area contributed by atoms with Crippen LogP contribution in [0.3, 0.4) is 0 Å². The summed E-state index contributed by atoms with van der Waals surface area (Å²) in [5, 5.41) is 0.665. The predicted molar refractivity (Wildman–Crippen MR) is 102 cm³/mol. The summed E-state index contributed by atoms with van der Waals surface area (Å²) in [6.45, 7) is 3.30. The van der Waals surface area contributed by atoms with Gasteiger partial charge in [0.05, 0.1) is 12.6 Å². The van der Waals surface area contributed by atoms with Gasteiger partial charge in [-0.15, -0.1) is 0 Å². The zero-order valence-electron chi connectivity index (χ0n) is 15.3. The quantitative estimate of drug-likeness (QED) is 0.695. The number of rotatable bonds is 8. The van der Waals surface area contributed by atoms with E-state index in [-0.39, 0.29) is 24.3 Å². The van der Waals surface area contributed by atoms with E-state index in [9.17, 15) is 9.18 Å². The van der Waals surface area contributed by atoms with Crippen molar-refractivity contribution in [3.05, 3.63) is 64.9 Å². The van der Waals surface area contributed by atoms with E-state index in [2.05, 4.69) is 0 Å². The summed E-state index contributed by atoms with van der Waals surface area (Å²) in [5.74, 6) is 0.461. The van der Waals surface area contributed by atoms with Crippen molar-refractivity contribution in [1.29, 1.82) is 0 Å². The summed E-state index contributed by atoms with van der Waals surface area (Å²) in [5.41, 5.74) is 0.899. The summed E-state index contributed by atoms with van der Waals surface area (Å²) in [4.78, 5) is 16.0. The number of ether oxygens (including phenoxy) is 1. The molecule has 4 nitrogen and oxygen atoms in total. The number of nitrogens with zero attached hydrogens (tertiary/aromatic N) is 2. The lowest BCUT2D eigenvalue weighted by atomic mass is 10.1. The Labute approximate surface area is 159 Å². The number of carbonyl (C=O) groups excluding carboxylic acids is 1. The van der Waals surface area contributed by atoms with Crippen LogP contribution >= 0.6 is 11.6 Å². The van der Waals surface area contributed by atoms with Gasteiger partial charge in [-0.3, -0.25) is 9.69 Å². The SMILES string of the molecule is CC(c1ccc(F)cc1)N(C)C(=O)CN(C)CCOc1ccc(Cl)cc1. The van der Waals surface area contributed by atoms with Crippen LogP contribution in [0.25, 0.3) is 0 Å². The first-order chi connectivity index (χ1) is 12.4. The van der Waals surface area contributed by atoms with Gasteiger partial charge in [0.25, 0.3) is 0 Å². The molecule has 0 aromatic heterocycles. The van der Waals surface area contributed by atoms with Gasteiger partial charge in [-0.05, 0) is 55.9 Å². The first-order valence-corrected chi connectivity index (χ1v) is 8.82. The van der Waals surface area contributed by atoms with Crippen molar-refractivity contribution in [3.63, 3.8) is 0 Å². The van der Waals surface area contributed by atoms with Crippen LogP contribution in [0.4, 0.5) is 4.39 Å². The van der Waals surface area contributed by atoms with Crippen molar-refractivity contribution in [2.75, 3.05) is 33.8 Å². The number of halogens is 2. The Balaban J connectivity index is 1.78. The molecule has 2 aromatic carbocycles. The normalized spacial score (nSPS) is 12.1. The minimum Gasteiger partial charge on any atom is -0.492 e. The molecule has 1 amide bonds. The van der Waals surface area contributed by atoms with Gasteiger partial charge in [-0.25, -0.2) is 4.39 Å². The maximum Gasteiger partial charge on any atom is 0.236 e. The van der Waals surface area contributed by atoms with Crippen LogP contribution in [-0.4, -0.2) is 49.5 Å². The molecule has 0 spiro atoms. The third-order valence-electron chi connectivity index (χ3n) is 4.29. The molecular formula is C20H24ClFN2O2. The zero-order valence-corrected chi connectivity index (χ0v) is 16.0. The molecule has 1 unspecified atom stereocenters. The number of hydrogen-bond acceptors (Lipinski definition) is 3. The topological polar surface area (TPSA) is 32.8 Å². The summed E-state index contributed by atoms with van der Waals surface area (Å²) < 4.78 is 18.7. The van der Waals surface area contributed by atoms with E-state index in [0.717, 1.165) is 11.3 Å². The van der Waals surface area contributed by atoms with E-state index in [1.165, 1.54) is 12.1 Å². The number of amides is 1. The van der Waals surface area contributed by atoms with E-state index in [4.69, 9.17) is 16.3 Å². The fourth-order valence-electron chi connectivity index (χ4n) is 2.45. The first-order valence-electron chi connectivity index (χ1n) is 8.45. The Hall–Kier alpha value is -2.11. The maximum atomic E-state index is 13.0. The molecule has 0 N–H and O–H groups in total. The third kappa shape index (κ3) is 6.00. The van der Waals surface area contributed by atoms with Gasteiger partial charge in [-0.1, -0.05) is 23.7 Å². The Morgan fingerprint density at radius 1 is 1.12 bits per heavy atom. The van der Waals surface area contributed by atoms with E-state index in [1.807, 2.05) is 31.0 Å². The van der Waals surface area contributed by atoms with Gasteiger partial charge in [0.1, 0.15) is 18.2 Å². The fraction of sp³-hybridized carbons (Fsp3) is 0.350. The molecular weight excluding hydrogens is 355 g/mol. The molecule has 2 aromatic rings. The summed E-state index contributed by atoms with van der Waals surface area (Å²) in [6, 6.07) is 13.3. The van der Waals surface area contributed by atoms with Crippen molar-refractivity contribution >= 4 is 17.5 Å². The second-order valence-corrected chi connectivity index (χ2v) is 6.71. The summed E-state index contributed by atoms with van der Waals surface area (Å²) >= 11 is 5.84. The van der Waals surface area contributed by atoms with Crippen molar-refractivity contribution in [3.8, 4) is 5.75 Å². The van der Waals surface area contributed by atoms with Crippen molar-refractivity contribution < 1.29 is 13.9 Å². The van der Waals surface area contributed by atoms with Gasteiger partial charge in [0.15, 0.2) is 0 Å². The van der Waals surface area contributed by atoms with Crippen LogP contribution < -0.4 is 4.74 Å². The molecule has 6 heteroatoms. The second kappa shape index (κ2) is 9.55. The first kappa shape index (κ1) is 20.2. The van der Waals surface area contributed by atoms with Crippen molar-refractivity contribution in [2.24, 2.45) is 0 Å². The molecule has 0 aliphatic heterocycles. The highest BCUT2D eigenvalue weighted by Gasteiger charge is 2.18. The second-order valence-electron chi connectivity index (χ2n) is 6.27. The minimum atomic E-state index is -0.282. The minimum absolute atomic E-state index is 0.00387. The van der Waals surface area contributed by atoms with Gasteiger partial charge < -0.3 is 9.64 Å². The molecule has 0 bridgehead atoms. The van der Waals surface area contributed by atoms with E-state index >= 15 is 0 Å². The summed E-state index contributed by atoms with van der Waals surface area (Å²) in [6.07, 6.45) is 0. The van der Waals surface area contributed by atoms with Crippen LogP contribution in [0.5, 0.6) is 5.75 Å². The molecule has 2 rings (SSSR count). The number of carbonyl (C=O) groups is 1. The Kier molecular flexibility index (Phi) is 7.42. The van der Waals surface area contributed by atoms with Crippen LogP contribution in [0.1, 0.15) is 18.5 Å². The molecule has 0 radical (unpaired) electrons. The number of hydrogen-bond donors (Lipinski definition) is 0. The van der Waals surface area contributed by atoms with Crippen LogP contribution in [0.2, 0.25) is 5.02 Å². The fourth-order valence-corrected chi connectivity index (χ4v) is 2.58. The molecule has 0 saturated carbocycles. The van der Waals surface area contributed by atoms with Crippen LogP contribution in [0.15, 0.2) is 48.5 Å². The van der Waals surface area contributed by atoms with Crippen LogP contribution in [-0.2, 0) is 4.79 Å². The predicted octanol–water partition coefficient (Wildman–Crippen LogP) is 4.01. The smallest absolute Gasteiger partial charge is 0.236 e. The Bertz CT molecular complexity index is 707. The molecule has 140 valence electrons. The average Bonchev–Trinajstić information content (AvgIpc) is 2.62. The Morgan fingerprint density at radius 2 is 1.73 bits per heavy atom. The van der Waals surface area contributed by atoms with E-state index < -0.39 is 0 Å². The number of benzene rings is 2. The molecule has 0 heterocycles. The highest BCUT2D eigenvalue weighted by molar-refractivity contribution is 6.30. The van der Waals surface area contributed by atoms with Gasteiger partial charge in [-0.2, -0.15) is 0 Å². The largest absolute Gasteiger partial charge is 0.492 e. The highest BCUT2D eigenvalue weighted by Crippen LogP contribution is 2.19.